The maximum Gasteiger partial charge on any atom is 0.417 e. The molecular formula is C39H39FN2O8S. The minimum Gasteiger partial charge on any atom is -0.482 e. The number of anilines is 1. The van der Waals surface area contributed by atoms with Crippen molar-refractivity contribution < 1.29 is 42.8 Å². The maximum atomic E-state index is 15.0. The van der Waals surface area contributed by atoms with Crippen molar-refractivity contribution in [2.45, 2.75) is 37.0 Å². The van der Waals surface area contributed by atoms with Gasteiger partial charge in [-0.2, -0.15) is 0 Å². The van der Waals surface area contributed by atoms with E-state index in [1.807, 2.05) is 60.7 Å². The molecule has 0 aliphatic carbocycles. The van der Waals surface area contributed by atoms with Crippen LogP contribution >= 0.6 is 11.8 Å². The third kappa shape index (κ3) is 8.53. The predicted molar refractivity (Wildman–Crippen MR) is 190 cm³/mol. The Labute approximate surface area is 299 Å². The molecule has 0 bridgehead atoms. The van der Waals surface area contributed by atoms with Gasteiger partial charge in [0.25, 0.3) is 0 Å². The summed E-state index contributed by atoms with van der Waals surface area (Å²) in [6.45, 7) is 4.39. The molecule has 10 nitrogen and oxygen atoms in total. The van der Waals surface area contributed by atoms with E-state index in [1.54, 1.807) is 36.4 Å². The van der Waals surface area contributed by atoms with E-state index in [1.165, 1.54) is 23.9 Å². The number of benzene rings is 4. The molecule has 0 saturated carbocycles. The van der Waals surface area contributed by atoms with Crippen molar-refractivity contribution in [3.05, 3.63) is 132 Å². The normalized spacial score (nSPS) is 19.1. The topological polar surface area (TPSA) is 124 Å². The standard InChI is InChI=1S/C39H39FN2O8S/c1-38(2)23-49-39(50-24-38,28-11-7-4-8-12-28)25-51-35(36(45)42-32(21-48-37(42)46)26-9-5-3-6-10-26)34(41-30-17-15-29(40)16-18-30)27-13-19-31(20-14-27)47-22-33(43)44/h3-20,32,34-35,41H,21-25H2,1-2H3,(H,43,44)/t32-,34+,35-/m1/s1. The Kier molecular flexibility index (Phi) is 10.9. The van der Waals surface area contributed by atoms with Crippen LogP contribution in [-0.4, -0.2) is 65.4 Å². The summed E-state index contributed by atoms with van der Waals surface area (Å²) in [6, 6.07) is 29.7. The number of amides is 2. The number of carbonyl (C=O) groups is 3. The van der Waals surface area contributed by atoms with Gasteiger partial charge in [-0.05, 0) is 47.5 Å². The molecule has 4 aromatic carbocycles. The number of ether oxygens (including phenoxy) is 4. The van der Waals surface area contributed by atoms with Crippen molar-refractivity contribution in [1.82, 2.24) is 4.90 Å². The second-order valence-corrected chi connectivity index (χ2v) is 14.3. The number of carboxylic acid groups (broad SMARTS) is 1. The van der Waals surface area contributed by atoms with E-state index in [4.69, 9.17) is 24.1 Å². The van der Waals surface area contributed by atoms with Crippen LogP contribution in [0.4, 0.5) is 14.9 Å². The number of rotatable bonds is 13. The molecule has 6 rings (SSSR count). The number of nitrogens with zero attached hydrogens (tertiary/aromatic N) is 1. The lowest BCUT2D eigenvalue weighted by atomic mass is 9.93. The van der Waals surface area contributed by atoms with Crippen LogP contribution in [0.3, 0.4) is 0 Å². The smallest absolute Gasteiger partial charge is 0.417 e. The molecule has 0 aromatic heterocycles. The first-order chi connectivity index (χ1) is 24.5. The molecule has 2 aliphatic heterocycles. The minimum atomic E-state index is -1.21. The summed E-state index contributed by atoms with van der Waals surface area (Å²) in [5.41, 5.74) is 2.43. The summed E-state index contributed by atoms with van der Waals surface area (Å²) >= 11 is 1.27. The molecule has 2 saturated heterocycles. The Hall–Kier alpha value is -4.91. The van der Waals surface area contributed by atoms with E-state index >= 15 is 0 Å². The molecule has 2 heterocycles. The van der Waals surface area contributed by atoms with Crippen LogP contribution in [0, 0.1) is 11.2 Å². The summed E-state index contributed by atoms with van der Waals surface area (Å²) in [7, 11) is 0. The van der Waals surface area contributed by atoms with Crippen LogP contribution in [0.5, 0.6) is 5.75 Å². The van der Waals surface area contributed by atoms with Gasteiger partial charge < -0.3 is 29.4 Å². The zero-order valence-electron chi connectivity index (χ0n) is 28.2. The van der Waals surface area contributed by atoms with Crippen molar-refractivity contribution in [1.29, 1.82) is 0 Å². The number of hydrogen-bond acceptors (Lipinski definition) is 9. The summed E-state index contributed by atoms with van der Waals surface area (Å²) in [4.78, 5) is 40.7. The molecule has 2 N–H and O–H groups in total. The van der Waals surface area contributed by atoms with Gasteiger partial charge in [-0.25, -0.2) is 18.9 Å². The quantitative estimate of drug-likeness (QED) is 0.147. The average molecular weight is 715 g/mol. The third-order valence-electron chi connectivity index (χ3n) is 8.67. The van der Waals surface area contributed by atoms with Gasteiger partial charge in [-0.3, -0.25) is 4.79 Å². The van der Waals surface area contributed by atoms with Crippen LogP contribution in [0.1, 0.15) is 42.6 Å². The fraction of sp³-hybridized carbons (Fsp3) is 0.308. The molecule has 0 unspecified atom stereocenters. The van der Waals surface area contributed by atoms with Gasteiger partial charge in [0.05, 0.1) is 25.0 Å². The van der Waals surface area contributed by atoms with E-state index in [9.17, 15) is 18.8 Å². The lowest BCUT2D eigenvalue weighted by Gasteiger charge is -2.44. The Balaban J connectivity index is 1.42. The van der Waals surface area contributed by atoms with Crippen LogP contribution in [0.15, 0.2) is 109 Å². The number of carbonyl (C=O) groups excluding carboxylic acids is 2. The highest BCUT2D eigenvalue weighted by atomic mass is 32.2. The number of aliphatic carboxylic acids is 1. The highest BCUT2D eigenvalue weighted by molar-refractivity contribution is 8.00. The van der Waals surface area contributed by atoms with Crippen LogP contribution in [0.2, 0.25) is 0 Å². The van der Waals surface area contributed by atoms with Crippen LogP contribution < -0.4 is 10.1 Å². The monoisotopic (exact) mass is 714 g/mol. The van der Waals surface area contributed by atoms with Crippen molar-refractivity contribution in [2.75, 3.05) is 37.5 Å². The van der Waals surface area contributed by atoms with Crippen molar-refractivity contribution in [3.8, 4) is 5.75 Å². The third-order valence-corrected chi connectivity index (χ3v) is 10.0. The molecule has 2 amide bonds. The summed E-state index contributed by atoms with van der Waals surface area (Å²) in [5.74, 6) is -2.78. The van der Waals surface area contributed by atoms with Gasteiger partial charge in [-0.15, -0.1) is 11.8 Å². The highest BCUT2D eigenvalue weighted by Crippen LogP contribution is 2.43. The van der Waals surface area contributed by atoms with E-state index in [0.717, 1.165) is 16.0 Å². The number of halogens is 1. The number of carboxylic acids is 1. The summed E-state index contributed by atoms with van der Waals surface area (Å²) in [5, 5.41) is 11.5. The lowest BCUT2D eigenvalue weighted by Crippen LogP contribution is -2.49. The summed E-state index contributed by atoms with van der Waals surface area (Å²) < 4.78 is 37.9. The first-order valence-corrected chi connectivity index (χ1v) is 17.5. The van der Waals surface area contributed by atoms with Gasteiger partial charge >= 0.3 is 12.1 Å². The number of cyclic esters (lactones) is 1. The minimum absolute atomic E-state index is 0.00704. The van der Waals surface area contributed by atoms with Crippen molar-refractivity contribution >= 4 is 35.4 Å². The molecule has 0 spiro atoms. The number of imide groups is 1. The van der Waals surface area contributed by atoms with Gasteiger partial charge in [0.2, 0.25) is 11.7 Å². The van der Waals surface area contributed by atoms with Gasteiger partial charge in [0.1, 0.15) is 29.5 Å². The SMILES string of the molecule is CC1(C)COC(CS[C@@H](C(=O)N2C(=O)OC[C@@H]2c2ccccc2)[C@@H](Nc2ccc(F)cc2)c2ccc(OCC(=O)O)cc2)(c2ccccc2)OC1. The van der Waals surface area contributed by atoms with E-state index in [-0.39, 0.29) is 17.8 Å². The molecule has 266 valence electrons. The first-order valence-electron chi connectivity index (χ1n) is 16.5. The average Bonchev–Trinajstić information content (AvgIpc) is 3.54. The van der Waals surface area contributed by atoms with Crippen molar-refractivity contribution in [2.24, 2.45) is 5.41 Å². The maximum absolute atomic E-state index is 15.0. The molecule has 12 heteroatoms. The number of nitrogens with one attached hydrogen (secondary N) is 1. The van der Waals surface area contributed by atoms with Crippen LogP contribution in [-0.2, 0) is 29.6 Å². The fourth-order valence-corrected chi connectivity index (χ4v) is 7.35. The Morgan fingerprint density at radius 1 is 0.941 bits per heavy atom. The van der Waals surface area contributed by atoms with Gasteiger partial charge in [0, 0.05) is 16.7 Å². The van der Waals surface area contributed by atoms with Crippen molar-refractivity contribution in [3.63, 3.8) is 0 Å². The molecule has 3 atom stereocenters. The number of hydrogen-bond donors (Lipinski definition) is 2. The summed E-state index contributed by atoms with van der Waals surface area (Å²) in [6.07, 6.45) is -0.762. The Morgan fingerprint density at radius 3 is 2.20 bits per heavy atom. The van der Waals surface area contributed by atoms with Crippen LogP contribution in [0.25, 0.3) is 0 Å². The highest BCUT2D eigenvalue weighted by Gasteiger charge is 2.48. The van der Waals surface area contributed by atoms with Gasteiger partial charge in [-0.1, -0.05) is 86.6 Å². The number of thioether (sulfide) groups is 1. The van der Waals surface area contributed by atoms with Gasteiger partial charge in [0.15, 0.2) is 6.61 Å². The zero-order chi connectivity index (χ0) is 36.0. The van der Waals surface area contributed by atoms with E-state index in [0.29, 0.717) is 30.2 Å². The second kappa shape index (κ2) is 15.5. The van der Waals surface area contributed by atoms with E-state index < -0.39 is 53.5 Å². The van der Waals surface area contributed by atoms with E-state index in [2.05, 4.69) is 19.2 Å². The Bertz CT molecular complexity index is 1800. The lowest BCUT2D eigenvalue weighted by molar-refractivity contribution is -0.295. The fourth-order valence-electron chi connectivity index (χ4n) is 5.94. The molecule has 0 radical (unpaired) electrons. The molecule has 2 fully saturated rings. The molecule has 2 aliphatic rings. The first kappa shape index (κ1) is 35.9. The predicted octanol–water partition coefficient (Wildman–Crippen LogP) is 7.19. The zero-order valence-corrected chi connectivity index (χ0v) is 29.0. The molecular weight excluding hydrogens is 676 g/mol. The molecule has 51 heavy (non-hydrogen) atoms. The second-order valence-electron chi connectivity index (χ2n) is 13.2. The largest absolute Gasteiger partial charge is 0.482 e. The Morgan fingerprint density at radius 2 is 1.57 bits per heavy atom. The molecule has 4 aromatic rings.